The van der Waals surface area contributed by atoms with Crippen molar-refractivity contribution in [2.75, 3.05) is 12.4 Å². The van der Waals surface area contributed by atoms with Gasteiger partial charge in [0.05, 0.1) is 29.8 Å². The molecule has 0 radical (unpaired) electrons. The van der Waals surface area contributed by atoms with Gasteiger partial charge in [0.15, 0.2) is 0 Å². The molecule has 0 unspecified atom stereocenters. The predicted molar refractivity (Wildman–Crippen MR) is 72.5 cm³/mol. The van der Waals surface area contributed by atoms with Crippen molar-refractivity contribution in [2.24, 2.45) is 0 Å². The normalized spacial score (nSPS) is 10.5. The highest BCUT2D eigenvalue weighted by Crippen LogP contribution is 2.18. The molecular formula is C12H13N5O2S. The molecule has 0 N–H and O–H groups in total. The van der Waals surface area contributed by atoms with E-state index in [1.165, 1.54) is 16.3 Å². The van der Waals surface area contributed by atoms with Gasteiger partial charge >= 0.3 is 5.97 Å². The van der Waals surface area contributed by atoms with Crippen LogP contribution in [0.3, 0.4) is 0 Å². The number of thioether (sulfide) groups is 1. The van der Waals surface area contributed by atoms with Gasteiger partial charge in [-0.2, -0.15) is 14.8 Å². The van der Waals surface area contributed by atoms with Gasteiger partial charge in [-0.05, 0) is 20.8 Å². The first kappa shape index (κ1) is 14.3. The van der Waals surface area contributed by atoms with E-state index in [4.69, 9.17) is 10.00 Å². The number of hydrogen-bond acceptors (Lipinski definition) is 7. The van der Waals surface area contributed by atoms with Crippen molar-refractivity contribution in [2.45, 2.75) is 25.9 Å². The van der Waals surface area contributed by atoms with E-state index in [0.29, 0.717) is 34.5 Å². The van der Waals surface area contributed by atoms with Gasteiger partial charge in [-0.25, -0.2) is 9.78 Å². The summed E-state index contributed by atoms with van der Waals surface area (Å²) in [5.41, 5.74) is 1.58. The number of nitrogens with zero attached hydrogens (tertiary/aromatic N) is 5. The van der Waals surface area contributed by atoms with Crippen molar-refractivity contribution in [3.8, 4) is 6.07 Å². The van der Waals surface area contributed by atoms with Crippen molar-refractivity contribution in [1.29, 1.82) is 5.26 Å². The summed E-state index contributed by atoms with van der Waals surface area (Å²) in [7, 11) is 0. The quantitative estimate of drug-likeness (QED) is 0.623. The summed E-state index contributed by atoms with van der Waals surface area (Å²) in [4.78, 5) is 20.4. The van der Waals surface area contributed by atoms with Gasteiger partial charge in [0, 0.05) is 0 Å². The Hall–Kier alpha value is -2.14. The molecule has 0 spiro atoms. The molecule has 0 aliphatic heterocycles. The van der Waals surface area contributed by atoms with Crippen LogP contribution in [0.5, 0.6) is 0 Å². The Balaban J connectivity index is 2.51. The first-order chi connectivity index (χ1) is 9.58. The molecule has 2 aromatic heterocycles. The highest BCUT2D eigenvalue weighted by molar-refractivity contribution is 7.99. The number of nitriles is 1. The lowest BCUT2D eigenvalue weighted by atomic mass is 10.2. The molecule has 20 heavy (non-hydrogen) atoms. The zero-order valence-corrected chi connectivity index (χ0v) is 12.2. The van der Waals surface area contributed by atoms with Crippen LogP contribution >= 0.6 is 11.8 Å². The van der Waals surface area contributed by atoms with Crippen molar-refractivity contribution < 1.29 is 9.53 Å². The molecule has 2 heterocycles. The second-order valence-corrected chi connectivity index (χ2v) is 4.87. The third kappa shape index (κ3) is 2.58. The van der Waals surface area contributed by atoms with Gasteiger partial charge < -0.3 is 4.74 Å². The zero-order chi connectivity index (χ0) is 14.7. The molecule has 0 atom stereocenters. The molecule has 7 nitrogen and oxygen atoms in total. The Bertz CT molecular complexity index is 704. The molecule has 0 amide bonds. The molecule has 0 saturated heterocycles. The summed E-state index contributed by atoms with van der Waals surface area (Å²) in [6, 6.07) is 2.01. The summed E-state index contributed by atoms with van der Waals surface area (Å²) >= 11 is 1.22. The number of esters is 1. The highest BCUT2D eigenvalue weighted by atomic mass is 32.2. The van der Waals surface area contributed by atoms with Crippen LogP contribution in [0.1, 0.15) is 28.7 Å². The van der Waals surface area contributed by atoms with Crippen molar-refractivity contribution in [3.63, 3.8) is 0 Å². The van der Waals surface area contributed by atoms with E-state index in [2.05, 4.69) is 15.1 Å². The first-order valence-corrected chi connectivity index (χ1v) is 6.97. The lowest BCUT2D eigenvalue weighted by Crippen LogP contribution is -2.14. The average molecular weight is 291 g/mol. The Kier molecular flexibility index (Phi) is 4.20. The van der Waals surface area contributed by atoms with Crippen LogP contribution in [0, 0.1) is 25.2 Å². The molecule has 0 fully saturated rings. The largest absolute Gasteiger partial charge is 0.462 e. The summed E-state index contributed by atoms with van der Waals surface area (Å²) in [5, 5.41) is 13.3. The molecule has 0 aliphatic rings. The summed E-state index contributed by atoms with van der Waals surface area (Å²) < 4.78 is 6.52. The van der Waals surface area contributed by atoms with E-state index in [-0.39, 0.29) is 5.75 Å². The van der Waals surface area contributed by atoms with E-state index in [1.807, 2.05) is 6.07 Å². The van der Waals surface area contributed by atoms with Crippen LogP contribution in [-0.2, 0) is 4.74 Å². The van der Waals surface area contributed by atoms with Crippen LogP contribution < -0.4 is 0 Å². The summed E-state index contributed by atoms with van der Waals surface area (Å²) in [6.45, 7) is 5.55. The summed E-state index contributed by atoms with van der Waals surface area (Å²) in [5.74, 6) is 0.256. The molecule has 0 bridgehead atoms. The minimum atomic E-state index is -0.418. The van der Waals surface area contributed by atoms with Gasteiger partial charge in [0.25, 0.3) is 5.78 Å². The van der Waals surface area contributed by atoms with Crippen LogP contribution in [0.15, 0.2) is 5.16 Å². The smallest absolute Gasteiger partial charge is 0.341 e. The van der Waals surface area contributed by atoms with Crippen LogP contribution in [0.4, 0.5) is 0 Å². The maximum absolute atomic E-state index is 11.9. The number of hydrogen-bond donors (Lipinski definition) is 0. The molecule has 0 aromatic carbocycles. The summed E-state index contributed by atoms with van der Waals surface area (Å²) in [6.07, 6.45) is 0. The van der Waals surface area contributed by atoms with E-state index < -0.39 is 5.97 Å². The third-order valence-electron chi connectivity index (χ3n) is 2.63. The van der Waals surface area contributed by atoms with Gasteiger partial charge in [-0.1, -0.05) is 11.8 Å². The molecule has 8 heteroatoms. The van der Waals surface area contributed by atoms with Crippen LogP contribution in [0.25, 0.3) is 5.78 Å². The van der Waals surface area contributed by atoms with E-state index in [1.54, 1.807) is 20.8 Å². The number of rotatable bonds is 4. The molecular weight excluding hydrogens is 278 g/mol. The maximum atomic E-state index is 11.9. The van der Waals surface area contributed by atoms with Crippen LogP contribution in [-0.4, -0.2) is 37.9 Å². The number of aryl methyl sites for hydroxylation is 2. The first-order valence-electron chi connectivity index (χ1n) is 5.99. The number of fused-ring (bicyclic) bond motifs is 1. The SMILES string of the molecule is CCOC(=O)c1c(C)nc2nc(SCC#N)nn2c1C. The van der Waals surface area contributed by atoms with Gasteiger partial charge in [0.2, 0.25) is 5.16 Å². The Labute approximate surface area is 120 Å². The Morgan fingerprint density at radius 2 is 2.20 bits per heavy atom. The van der Waals surface area contributed by atoms with Crippen molar-refractivity contribution in [1.82, 2.24) is 19.6 Å². The minimum absolute atomic E-state index is 0.264. The number of carbonyl (C=O) groups excluding carboxylic acids is 1. The number of aromatic nitrogens is 4. The fourth-order valence-corrected chi connectivity index (χ4v) is 2.29. The Morgan fingerprint density at radius 1 is 1.45 bits per heavy atom. The van der Waals surface area contributed by atoms with Crippen molar-refractivity contribution >= 4 is 23.5 Å². The lowest BCUT2D eigenvalue weighted by molar-refractivity contribution is 0.0523. The number of carbonyl (C=O) groups is 1. The van der Waals surface area contributed by atoms with E-state index in [9.17, 15) is 4.79 Å². The van der Waals surface area contributed by atoms with Crippen LogP contribution in [0.2, 0.25) is 0 Å². The topological polar surface area (TPSA) is 93.2 Å². The zero-order valence-electron chi connectivity index (χ0n) is 11.4. The average Bonchev–Trinajstić information content (AvgIpc) is 2.79. The van der Waals surface area contributed by atoms with Gasteiger partial charge in [-0.15, -0.1) is 5.10 Å². The standard InChI is InChI=1S/C12H13N5O2S/c1-4-19-10(18)9-7(2)14-11-15-12(20-6-5-13)16-17(11)8(9)3/h4,6H2,1-3H3. The lowest BCUT2D eigenvalue weighted by Gasteiger charge is -2.08. The van der Waals surface area contributed by atoms with Crippen molar-refractivity contribution in [3.05, 3.63) is 17.0 Å². The van der Waals surface area contributed by atoms with E-state index >= 15 is 0 Å². The minimum Gasteiger partial charge on any atom is -0.462 e. The fraction of sp³-hybridized carbons (Fsp3) is 0.417. The predicted octanol–water partition coefficient (Wildman–Crippen LogP) is 1.53. The molecule has 0 aliphatic carbocycles. The molecule has 2 aromatic rings. The maximum Gasteiger partial charge on any atom is 0.341 e. The fourth-order valence-electron chi connectivity index (χ4n) is 1.81. The van der Waals surface area contributed by atoms with E-state index in [0.717, 1.165) is 0 Å². The van der Waals surface area contributed by atoms with Gasteiger partial charge in [0.1, 0.15) is 5.56 Å². The molecule has 0 saturated carbocycles. The second kappa shape index (κ2) is 5.88. The second-order valence-electron chi connectivity index (χ2n) is 3.93. The third-order valence-corrected chi connectivity index (χ3v) is 3.33. The monoisotopic (exact) mass is 291 g/mol. The Morgan fingerprint density at radius 3 is 2.85 bits per heavy atom. The highest BCUT2D eigenvalue weighted by Gasteiger charge is 2.19. The van der Waals surface area contributed by atoms with Gasteiger partial charge in [-0.3, -0.25) is 0 Å². The number of ether oxygens (including phenoxy) is 1. The molecule has 104 valence electrons. The molecule has 2 rings (SSSR count).